The third-order valence-corrected chi connectivity index (χ3v) is 7.14. The molecule has 0 radical (unpaired) electrons. The summed E-state index contributed by atoms with van der Waals surface area (Å²) in [6, 6.07) is 15.5. The van der Waals surface area contributed by atoms with Gasteiger partial charge in [-0.3, -0.25) is 9.59 Å². The van der Waals surface area contributed by atoms with Crippen LogP contribution >= 0.6 is 11.8 Å². The van der Waals surface area contributed by atoms with E-state index in [0.717, 1.165) is 22.3 Å². The van der Waals surface area contributed by atoms with Crippen molar-refractivity contribution in [1.82, 2.24) is 10.6 Å². The Morgan fingerprint density at radius 1 is 1.11 bits per heavy atom. The molecule has 1 aliphatic carbocycles. The van der Waals surface area contributed by atoms with Crippen LogP contribution in [0.15, 0.2) is 48.5 Å². The fourth-order valence-corrected chi connectivity index (χ4v) is 5.12. The molecule has 1 saturated heterocycles. The smallest absolute Gasteiger partial charge is 0.407 e. The van der Waals surface area contributed by atoms with E-state index in [2.05, 4.69) is 34.9 Å². The largest absolute Gasteiger partial charge is 0.481 e. The number of carbonyl (C=O) groups is 3. The van der Waals surface area contributed by atoms with E-state index in [1.807, 2.05) is 30.5 Å². The van der Waals surface area contributed by atoms with Crippen molar-refractivity contribution in [2.45, 2.75) is 30.9 Å². The van der Waals surface area contributed by atoms with Gasteiger partial charge in [0.15, 0.2) is 0 Å². The fraction of sp³-hybridized carbons (Fsp3) is 0.423. The van der Waals surface area contributed by atoms with Crippen molar-refractivity contribution in [1.29, 1.82) is 0 Å². The summed E-state index contributed by atoms with van der Waals surface area (Å²) in [5.41, 5.74) is 4.53. The predicted octanol–water partition coefficient (Wildman–Crippen LogP) is 3.25. The van der Waals surface area contributed by atoms with Crippen LogP contribution in [-0.4, -0.2) is 67.0 Å². The molecule has 9 heteroatoms. The highest BCUT2D eigenvalue weighted by molar-refractivity contribution is 7.98. The Morgan fingerprint density at radius 2 is 1.77 bits per heavy atom. The van der Waals surface area contributed by atoms with Crippen LogP contribution in [0.5, 0.6) is 0 Å². The first-order chi connectivity index (χ1) is 17.0. The molecular formula is C26H30N2O6S. The SMILES string of the molecule is CSCC[C@H](NC(=O)OCC1c2ccccc2-c2ccccc21)C(=O)NC[C@@H]1C[C@H](C(=O)O)CO1. The molecule has 2 aromatic rings. The maximum Gasteiger partial charge on any atom is 0.407 e. The van der Waals surface area contributed by atoms with Crippen molar-refractivity contribution in [2.24, 2.45) is 5.92 Å². The van der Waals surface area contributed by atoms with E-state index in [1.165, 1.54) is 0 Å². The lowest BCUT2D eigenvalue weighted by Crippen LogP contribution is -2.48. The molecule has 35 heavy (non-hydrogen) atoms. The molecule has 2 aliphatic rings. The molecule has 0 spiro atoms. The Bertz CT molecular complexity index is 1030. The molecule has 0 bridgehead atoms. The number of thioether (sulfide) groups is 1. The van der Waals surface area contributed by atoms with Gasteiger partial charge >= 0.3 is 12.1 Å². The van der Waals surface area contributed by atoms with Crippen LogP contribution in [0, 0.1) is 5.92 Å². The fourth-order valence-electron chi connectivity index (χ4n) is 4.64. The maximum atomic E-state index is 12.8. The van der Waals surface area contributed by atoms with Crippen LogP contribution in [-0.2, 0) is 19.1 Å². The topological polar surface area (TPSA) is 114 Å². The lowest BCUT2D eigenvalue weighted by Gasteiger charge is -2.20. The summed E-state index contributed by atoms with van der Waals surface area (Å²) >= 11 is 1.58. The summed E-state index contributed by atoms with van der Waals surface area (Å²) in [5.74, 6) is -1.16. The molecular weight excluding hydrogens is 468 g/mol. The molecule has 1 heterocycles. The van der Waals surface area contributed by atoms with E-state index in [9.17, 15) is 14.4 Å². The Morgan fingerprint density at radius 3 is 2.37 bits per heavy atom. The first-order valence-electron chi connectivity index (χ1n) is 11.7. The molecule has 186 valence electrons. The summed E-state index contributed by atoms with van der Waals surface area (Å²) < 4.78 is 11.1. The molecule has 2 aromatic carbocycles. The number of carboxylic acids is 1. The van der Waals surface area contributed by atoms with Gasteiger partial charge < -0.3 is 25.2 Å². The van der Waals surface area contributed by atoms with Crippen molar-refractivity contribution in [3.8, 4) is 11.1 Å². The minimum Gasteiger partial charge on any atom is -0.481 e. The van der Waals surface area contributed by atoms with Gasteiger partial charge in [0, 0.05) is 12.5 Å². The first kappa shape index (κ1) is 25.1. The summed E-state index contributed by atoms with van der Waals surface area (Å²) in [6.07, 6.45) is 1.73. The number of carboxylic acid groups (broad SMARTS) is 1. The maximum absolute atomic E-state index is 12.8. The van der Waals surface area contributed by atoms with E-state index in [1.54, 1.807) is 11.8 Å². The predicted molar refractivity (Wildman–Crippen MR) is 133 cm³/mol. The first-order valence-corrected chi connectivity index (χ1v) is 13.1. The Labute approximate surface area is 208 Å². The van der Waals surface area contributed by atoms with Gasteiger partial charge in [0.1, 0.15) is 12.6 Å². The summed E-state index contributed by atoms with van der Waals surface area (Å²) in [7, 11) is 0. The molecule has 8 nitrogen and oxygen atoms in total. The van der Waals surface area contributed by atoms with E-state index in [0.29, 0.717) is 18.6 Å². The van der Waals surface area contributed by atoms with Crippen molar-refractivity contribution >= 4 is 29.7 Å². The zero-order valence-corrected chi connectivity index (χ0v) is 20.4. The second-order valence-corrected chi connectivity index (χ2v) is 9.76. The van der Waals surface area contributed by atoms with Gasteiger partial charge in [-0.15, -0.1) is 0 Å². The zero-order chi connectivity index (χ0) is 24.8. The molecule has 0 unspecified atom stereocenters. The molecule has 2 amide bonds. The van der Waals surface area contributed by atoms with Gasteiger partial charge in [-0.25, -0.2) is 4.79 Å². The zero-order valence-electron chi connectivity index (χ0n) is 19.6. The summed E-state index contributed by atoms with van der Waals surface area (Å²) in [5, 5.41) is 14.6. The normalized spacial score (nSPS) is 19.5. The van der Waals surface area contributed by atoms with Crippen LogP contribution in [0.25, 0.3) is 11.1 Å². The van der Waals surface area contributed by atoms with Gasteiger partial charge in [0.2, 0.25) is 5.91 Å². The number of ether oxygens (including phenoxy) is 2. The minimum absolute atomic E-state index is 0.0617. The average molecular weight is 499 g/mol. The number of nitrogens with one attached hydrogen (secondary N) is 2. The van der Waals surface area contributed by atoms with Gasteiger partial charge in [-0.1, -0.05) is 48.5 Å². The molecule has 1 fully saturated rings. The standard InChI is InChI=1S/C26H30N2O6S/c1-35-11-10-23(24(29)27-13-17-12-16(14-33-17)25(30)31)28-26(32)34-15-22-20-8-4-2-6-18(20)19-7-3-5-9-21(19)22/h2-9,16-17,22-23H,10-15H2,1H3,(H,27,29)(H,28,32)(H,30,31)/t16-,17-,23-/m0/s1. The number of fused-ring (bicyclic) bond motifs is 3. The molecule has 4 rings (SSSR count). The Balaban J connectivity index is 1.32. The van der Waals surface area contributed by atoms with Crippen molar-refractivity contribution < 1.29 is 29.0 Å². The molecule has 3 atom stereocenters. The van der Waals surface area contributed by atoms with Crippen molar-refractivity contribution in [3.05, 3.63) is 59.7 Å². The molecule has 0 aromatic heterocycles. The number of rotatable bonds is 10. The van der Waals surface area contributed by atoms with Crippen LogP contribution < -0.4 is 10.6 Å². The monoisotopic (exact) mass is 498 g/mol. The summed E-state index contributed by atoms with van der Waals surface area (Å²) in [4.78, 5) is 36.5. The van der Waals surface area contributed by atoms with E-state index < -0.39 is 24.0 Å². The lowest BCUT2D eigenvalue weighted by molar-refractivity contribution is -0.141. The number of hydrogen-bond donors (Lipinski definition) is 3. The molecule has 3 N–H and O–H groups in total. The van der Waals surface area contributed by atoms with Crippen LogP contribution in [0.2, 0.25) is 0 Å². The van der Waals surface area contributed by atoms with E-state index >= 15 is 0 Å². The second kappa shape index (κ2) is 11.6. The molecule has 1 aliphatic heterocycles. The van der Waals surface area contributed by atoms with E-state index in [-0.39, 0.29) is 37.7 Å². The third-order valence-electron chi connectivity index (χ3n) is 6.50. The summed E-state index contributed by atoms with van der Waals surface area (Å²) in [6.45, 7) is 0.512. The quantitative estimate of drug-likeness (QED) is 0.461. The van der Waals surface area contributed by atoms with Crippen LogP contribution in [0.4, 0.5) is 4.79 Å². The average Bonchev–Trinajstić information content (AvgIpc) is 3.47. The van der Waals surface area contributed by atoms with Gasteiger partial charge in [-0.05, 0) is 47.1 Å². The lowest BCUT2D eigenvalue weighted by atomic mass is 9.98. The minimum atomic E-state index is -0.895. The van der Waals surface area contributed by atoms with Crippen molar-refractivity contribution in [3.63, 3.8) is 0 Å². The van der Waals surface area contributed by atoms with Gasteiger partial charge in [0.25, 0.3) is 0 Å². The van der Waals surface area contributed by atoms with Crippen molar-refractivity contribution in [2.75, 3.05) is 31.8 Å². The van der Waals surface area contributed by atoms with Crippen LogP contribution in [0.3, 0.4) is 0 Å². The number of aliphatic carboxylic acids is 1. The number of alkyl carbamates (subject to hydrolysis) is 1. The number of hydrogen-bond acceptors (Lipinski definition) is 6. The highest BCUT2D eigenvalue weighted by Crippen LogP contribution is 2.44. The Hall–Kier alpha value is -3.04. The highest BCUT2D eigenvalue weighted by Gasteiger charge is 2.32. The highest BCUT2D eigenvalue weighted by atomic mass is 32.2. The number of amides is 2. The third kappa shape index (κ3) is 5.97. The number of benzene rings is 2. The van der Waals surface area contributed by atoms with Crippen LogP contribution in [0.1, 0.15) is 29.9 Å². The Kier molecular flexibility index (Phi) is 8.30. The van der Waals surface area contributed by atoms with Gasteiger partial charge in [0.05, 0.1) is 18.6 Å². The molecule has 0 saturated carbocycles. The second-order valence-electron chi connectivity index (χ2n) is 8.78. The van der Waals surface area contributed by atoms with Gasteiger partial charge in [-0.2, -0.15) is 11.8 Å². The van der Waals surface area contributed by atoms with E-state index in [4.69, 9.17) is 14.6 Å². The number of carbonyl (C=O) groups excluding carboxylic acids is 2.